The number of halogens is 3. The number of hydrogen-bond donors (Lipinski definition) is 0. The highest BCUT2D eigenvalue weighted by Gasteiger charge is 2.40. The smallest absolute Gasteiger partial charge is 0.404 e. The van der Waals surface area contributed by atoms with E-state index in [0.29, 0.717) is 13.2 Å². The van der Waals surface area contributed by atoms with Gasteiger partial charge in [0.1, 0.15) is 6.10 Å². The zero-order valence-corrected chi connectivity index (χ0v) is 11.5. The zero-order valence-electron chi connectivity index (χ0n) is 9.87. The molecule has 0 radical (unpaired) electrons. The predicted molar refractivity (Wildman–Crippen MR) is 58.4 cm³/mol. The van der Waals surface area contributed by atoms with Crippen molar-refractivity contribution >= 4 is 20.3 Å². The third-order valence-corrected chi connectivity index (χ3v) is 4.42. The molecular weight excluding hydrogens is 331 g/mol. The Morgan fingerprint density at radius 3 is 2.30 bits per heavy atom. The molecule has 0 aromatic carbocycles. The second-order valence-electron chi connectivity index (χ2n) is 3.63. The van der Waals surface area contributed by atoms with Crippen LogP contribution in [0.1, 0.15) is 6.42 Å². The Bertz CT molecular complexity index is 511. The van der Waals surface area contributed by atoms with Gasteiger partial charge in [0.2, 0.25) is 10.3 Å². The average molecular weight is 342 g/mol. The summed E-state index contributed by atoms with van der Waals surface area (Å²) in [4.78, 5) is 0. The number of sulfonamides is 1. The minimum atomic E-state index is -6.14. The Morgan fingerprint density at radius 2 is 1.80 bits per heavy atom. The molecule has 20 heavy (non-hydrogen) atoms. The van der Waals surface area contributed by atoms with Crippen LogP contribution < -0.4 is 0 Å². The molecule has 0 saturated carbocycles. The maximum absolute atomic E-state index is 11.9. The first-order valence-electron chi connectivity index (χ1n) is 5.18. The summed E-state index contributed by atoms with van der Waals surface area (Å²) >= 11 is 0. The van der Waals surface area contributed by atoms with E-state index in [0.717, 1.165) is 0 Å². The summed E-state index contributed by atoms with van der Waals surface area (Å²) in [5, 5.41) is 0. The number of hydrogen-bond acceptors (Lipinski definition) is 7. The van der Waals surface area contributed by atoms with Crippen molar-refractivity contribution in [2.24, 2.45) is 0 Å². The van der Waals surface area contributed by atoms with Crippen molar-refractivity contribution in [1.29, 1.82) is 0 Å². The molecule has 0 N–H and O–H groups in total. The quantitative estimate of drug-likeness (QED) is 0.437. The Balaban J connectivity index is 2.26. The van der Waals surface area contributed by atoms with Crippen LogP contribution in [0.4, 0.5) is 13.2 Å². The largest absolute Gasteiger partial charge is 0.480 e. The van der Waals surface area contributed by atoms with Crippen LogP contribution in [0.3, 0.4) is 0 Å². The molecular formula is C7H11F3NO7S2-. The maximum atomic E-state index is 11.9. The summed E-state index contributed by atoms with van der Waals surface area (Å²) in [6, 6.07) is 0. The summed E-state index contributed by atoms with van der Waals surface area (Å²) in [6.45, 7) is 0.435. The van der Waals surface area contributed by atoms with Crippen LogP contribution >= 0.6 is 0 Å². The van der Waals surface area contributed by atoms with Crippen LogP contribution in [0.15, 0.2) is 0 Å². The molecule has 1 unspecified atom stereocenters. The summed E-state index contributed by atoms with van der Waals surface area (Å²) < 4.78 is 94.0. The van der Waals surface area contributed by atoms with Gasteiger partial charge in [-0.3, -0.25) is 4.18 Å². The Morgan fingerprint density at radius 1 is 1.20 bits per heavy atom. The van der Waals surface area contributed by atoms with Gasteiger partial charge in [-0.05, 0) is 6.42 Å². The fourth-order valence-corrected chi connectivity index (χ4v) is 2.69. The number of ether oxygens (including phenoxy) is 2. The van der Waals surface area contributed by atoms with E-state index in [-0.39, 0.29) is 19.1 Å². The van der Waals surface area contributed by atoms with Crippen molar-refractivity contribution < 1.29 is 43.7 Å². The molecule has 1 aliphatic rings. The Labute approximate surface area is 113 Å². The van der Waals surface area contributed by atoms with Crippen LogP contribution in [0.5, 0.6) is 0 Å². The number of rotatable bonds is 9. The fraction of sp³-hybridized carbons (Fsp3) is 1.00. The van der Waals surface area contributed by atoms with E-state index >= 15 is 0 Å². The molecule has 0 aromatic heterocycles. The number of epoxide rings is 1. The molecule has 1 heterocycles. The second kappa shape index (κ2) is 6.53. The molecule has 1 fully saturated rings. The zero-order chi connectivity index (χ0) is 15.4. The van der Waals surface area contributed by atoms with Crippen molar-refractivity contribution in [1.82, 2.24) is 0 Å². The third-order valence-electron chi connectivity index (χ3n) is 1.85. The van der Waals surface area contributed by atoms with Crippen molar-refractivity contribution in [2.45, 2.75) is 18.0 Å². The lowest BCUT2D eigenvalue weighted by atomic mass is 10.5. The van der Waals surface area contributed by atoms with E-state index < -0.39 is 32.4 Å². The summed E-state index contributed by atoms with van der Waals surface area (Å²) in [6.07, 6.45) is 0.0552. The average Bonchev–Trinajstić information content (AvgIpc) is 3.03. The van der Waals surface area contributed by atoms with Gasteiger partial charge in [0.05, 0.1) is 19.8 Å². The van der Waals surface area contributed by atoms with Crippen molar-refractivity contribution in [3.05, 3.63) is 4.13 Å². The van der Waals surface area contributed by atoms with Crippen LogP contribution in [0, 0.1) is 0 Å². The molecule has 0 aromatic rings. The fourth-order valence-electron chi connectivity index (χ4n) is 0.888. The van der Waals surface area contributed by atoms with Crippen molar-refractivity contribution in [3.8, 4) is 0 Å². The molecule has 1 aliphatic heterocycles. The lowest BCUT2D eigenvalue weighted by Gasteiger charge is -2.21. The van der Waals surface area contributed by atoms with Crippen molar-refractivity contribution in [2.75, 3.05) is 26.4 Å². The van der Waals surface area contributed by atoms with Crippen LogP contribution in [0.2, 0.25) is 0 Å². The lowest BCUT2D eigenvalue weighted by Crippen LogP contribution is -2.25. The maximum Gasteiger partial charge on any atom is 0.480 e. The van der Waals surface area contributed by atoms with Gasteiger partial charge in [-0.2, -0.15) is 13.2 Å². The predicted octanol–water partition coefficient (Wildman–Crippen LogP) is 0.277. The monoisotopic (exact) mass is 342 g/mol. The van der Waals surface area contributed by atoms with Gasteiger partial charge in [-0.1, -0.05) is 0 Å². The van der Waals surface area contributed by atoms with Gasteiger partial charge < -0.3 is 13.6 Å². The molecule has 0 aliphatic carbocycles. The van der Waals surface area contributed by atoms with Gasteiger partial charge in [-0.25, -0.2) is 16.8 Å². The van der Waals surface area contributed by atoms with Crippen LogP contribution in [-0.4, -0.2) is 54.9 Å². The van der Waals surface area contributed by atoms with E-state index in [2.05, 4.69) is 4.18 Å². The first-order chi connectivity index (χ1) is 9.04. The molecule has 1 saturated heterocycles. The lowest BCUT2D eigenvalue weighted by molar-refractivity contribution is -0.0425. The standard InChI is InChI=1S/C7H11F3NO7S2/c8-7(9,10)19(12,13)11-20(14,15)18-3-1-2-16-4-6-5-17-6/h6H,1-5H2/q-1. The number of alkyl halides is 3. The first-order valence-corrected chi connectivity index (χ1v) is 7.98. The van der Waals surface area contributed by atoms with E-state index in [1.165, 1.54) is 0 Å². The van der Waals surface area contributed by atoms with Crippen LogP contribution in [0.25, 0.3) is 4.13 Å². The summed E-state index contributed by atoms with van der Waals surface area (Å²) in [5.41, 5.74) is -5.79. The van der Waals surface area contributed by atoms with Gasteiger partial charge in [0.15, 0.2) is 10.0 Å². The molecule has 120 valence electrons. The van der Waals surface area contributed by atoms with Gasteiger partial charge >= 0.3 is 5.51 Å². The van der Waals surface area contributed by atoms with Gasteiger partial charge in [0, 0.05) is 6.61 Å². The minimum Gasteiger partial charge on any atom is -0.404 e. The molecule has 1 rings (SSSR count). The Hall–Kier alpha value is -0.470. The first kappa shape index (κ1) is 17.6. The second-order valence-corrected chi connectivity index (χ2v) is 6.73. The molecule has 8 nitrogen and oxygen atoms in total. The van der Waals surface area contributed by atoms with E-state index in [1.54, 1.807) is 4.13 Å². The van der Waals surface area contributed by atoms with E-state index in [4.69, 9.17) is 9.47 Å². The molecule has 13 heteroatoms. The topological polar surface area (TPSA) is 113 Å². The van der Waals surface area contributed by atoms with E-state index in [9.17, 15) is 30.0 Å². The normalized spacial score (nSPS) is 20.1. The van der Waals surface area contributed by atoms with Crippen LogP contribution in [-0.2, 0) is 34.0 Å². The third kappa shape index (κ3) is 6.32. The molecule has 0 amide bonds. The number of nitrogens with zero attached hydrogens (tertiary/aromatic N) is 1. The summed E-state index contributed by atoms with van der Waals surface area (Å²) in [5.74, 6) is 0. The Kier molecular flexibility index (Phi) is 5.74. The minimum absolute atomic E-state index is 0.0200. The molecule has 0 spiro atoms. The SMILES string of the molecule is O=S(=O)([N-]S(=O)(=O)C(F)(F)F)OCCCOCC1CO1. The highest BCUT2D eigenvalue weighted by atomic mass is 32.3. The summed E-state index contributed by atoms with van der Waals surface area (Å²) in [7, 11) is -11.3. The molecule has 0 bridgehead atoms. The molecule has 1 atom stereocenters. The van der Waals surface area contributed by atoms with Gasteiger partial charge in [0.25, 0.3) is 0 Å². The van der Waals surface area contributed by atoms with E-state index in [1.807, 2.05) is 0 Å². The highest BCUT2D eigenvalue weighted by Crippen LogP contribution is 2.30. The van der Waals surface area contributed by atoms with Crippen molar-refractivity contribution in [3.63, 3.8) is 0 Å². The van der Waals surface area contributed by atoms with Gasteiger partial charge in [-0.15, -0.1) is 0 Å². The highest BCUT2D eigenvalue weighted by molar-refractivity contribution is 8.10.